The number of aromatic amines is 1. The number of allylic oxidation sites excluding steroid dienone is 10. The zero-order valence-corrected chi connectivity index (χ0v) is 85.1. The van der Waals surface area contributed by atoms with Gasteiger partial charge in [-0.1, -0.05) is 24.3 Å². The Morgan fingerprint density at radius 1 is 0.514 bits per heavy atom. The summed E-state index contributed by atoms with van der Waals surface area (Å²) in [5.41, 5.74) is 54.2. The molecule has 0 spiro atoms. The summed E-state index contributed by atoms with van der Waals surface area (Å²) in [5.74, 6) is 1.50. The summed E-state index contributed by atoms with van der Waals surface area (Å²) in [6.45, 7) is 16.8. The van der Waals surface area contributed by atoms with Gasteiger partial charge in [0.2, 0.25) is 0 Å². The zero-order chi connectivity index (χ0) is 105. The number of benzene rings is 2. The van der Waals surface area contributed by atoms with E-state index in [4.69, 9.17) is 94.7 Å². The van der Waals surface area contributed by atoms with Crippen LogP contribution in [0, 0.1) is 44.5 Å². The minimum absolute atomic E-state index is 0. The molecule has 7 aliphatic rings. The maximum Gasteiger partial charge on any atom is 0.534 e. The monoisotopic (exact) mass is 2160 g/mol. The number of aromatic nitrogens is 12. The number of nitrogens with zero attached hydrogens (tertiary/aromatic N) is 11. The van der Waals surface area contributed by atoms with Gasteiger partial charge in [0.15, 0.2) is 0 Å². The van der Waals surface area contributed by atoms with Crippen molar-refractivity contribution >= 4 is 203 Å². The van der Waals surface area contributed by atoms with Crippen molar-refractivity contribution in [3.05, 3.63) is 136 Å². The molecule has 6 aromatic heterocycles. The number of fused-ring (bicyclic) bond motifs is 1. The lowest BCUT2D eigenvalue weighted by Gasteiger charge is -2.32. The molecule has 5 unspecified atom stereocenters. The Balaban J connectivity index is 0.000000229. The van der Waals surface area contributed by atoms with Crippen molar-refractivity contribution in [3.63, 3.8) is 0 Å². The first-order valence-electron chi connectivity index (χ1n) is 45.7. The summed E-state index contributed by atoms with van der Waals surface area (Å²) in [4.78, 5) is 119. The van der Waals surface area contributed by atoms with Gasteiger partial charge >= 0.3 is 58.6 Å². The van der Waals surface area contributed by atoms with Crippen LogP contribution < -0.4 is 71.7 Å². The molecule has 15 rings (SSSR count). The predicted octanol–water partition coefficient (Wildman–Crippen LogP) is 13.6. The van der Waals surface area contributed by atoms with Crippen LogP contribution in [-0.2, 0) is 76.1 Å². The fourth-order valence-electron chi connectivity index (χ4n) is 15.3. The topological polar surface area (TPSA) is 717 Å². The fraction of sp³-hybridized carbons (Fsp3) is 0.452. The molecule has 780 valence electrons. The van der Waals surface area contributed by atoms with Crippen molar-refractivity contribution < 1.29 is 107 Å². The highest BCUT2D eigenvalue weighted by molar-refractivity contribution is 14.1. The number of carboxylic acids is 2. The van der Waals surface area contributed by atoms with E-state index < -0.39 is 45.4 Å². The van der Waals surface area contributed by atoms with Crippen molar-refractivity contribution in [2.45, 2.75) is 194 Å². The van der Waals surface area contributed by atoms with Gasteiger partial charge in [0.25, 0.3) is 0 Å². The van der Waals surface area contributed by atoms with Crippen LogP contribution in [-0.4, -0.2) is 191 Å². The lowest BCUT2D eigenvalue weighted by molar-refractivity contribution is -0.150. The number of anilines is 13. The minimum atomic E-state index is -5.63. The quantitative estimate of drug-likeness (QED) is 0.00413. The summed E-state index contributed by atoms with van der Waals surface area (Å²) in [6.07, 6.45) is 29.0. The Labute approximate surface area is 850 Å². The van der Waals surface area contributed by atoms with Gasteiger partial charge in [-0.25, -0.2) is 49.8 Å². The van der Waals surface area contributed by atoms with Crippen molar-refractivity contribution in [3.8, 4) is 11.5 Å². The molecule has 6 aliphatic carbocycles. The number of alkyl halides is 3. The van der Waals surface area contributed by atoms with Crippen molar-refractivity contribution in [2.24, 2.45) is 35.5 Å². The second kappa shape index (κ2) is 55.1. The number of nitrogens with two attached hydrogens (primary N) is 9. The average molecular weight is 2160 g/mol. The summed E-state index contributed by atoms with van der Waals surface area (Å²) >= 11 is 1.99. The molecule has 2 fully saturated rings. The Morgan fingerprint density at radius 2 is 0.889 bits per heavy atom. The molecule has 7 heterocycles. The Kier molecular flexibility index (Phi) is 44.8. The van der Waals surface area contributed by atoms with Gasteiger partial charge in [0, 0.05) is 60.3 Å². The number of carbonyl (C=O) groups excluding carboxylic acids is 5. The average Bonchev–Trinajstić information content (AvgIpc) is 1.49. The van der Waals surface area contributed by atoms with Crippen LogP contribution in [0.4, 0.5) is 88.4 Å². The van der Waals surface area contributed by atoms with Gasteiger partial charge < -0.3 is 120 Å². The molecule has 51 heteroatoms. The molecule has 24 N–H and O–H groups in total. The molecule has 144 heavy (non-hydrogen) atoms. The number of hydrogen-bond acceptors (Lipinski definition) is 41. The standard InChI is InChI=1S/C19H20N6O3.C19H22N6O3.C15H25BO4.C13H18N4O2.C10H13F3O5S.C9H14O3.C4H5IN4.C4H6N4.ClH/c1-28-15-7-13-12(8-23-25-13)6-14(15)24-18-16(17(20)21-9-22-18)10-2-4-11(5-3-10)19(26)27;1-28-15-7-13(21)12(8-20)6-14(15)25-18-16(17(22)23-9-24-18)10-2-4-11(5-3-10)19(26)27;1-6-18-13(17)11-7-9-12(10-8-11)16-19-14(2,3)15(4,5)20-16;1-2-19-13(18)9-5-3-8(4-6-9)10-11(14)16-7-17-12(10)15;1-2-17-9(14)7-3-5-8(6-4-7)18-19(15,16)10(11,12)13;1-2-12-9(11)7-3-5-8(10)6-4-7;5-2-3(6)8-1-9-4(2)7;5-3-1-4(6)8-2-7-3;/h2,6-9,11H,3-5H2,1H3,(H,23,25)(H,26,27)(H3,20,21,22,24);2,6-9,11,20H,3-5,21H2,1H3,(H,26,27)(H3,22,23,24,25);9,11H,6-8,10H2,1-5H3;3,7,9H,2,4-6H2,1H3,(H4,14,15,16,17);5,7H,2-4,6H2,1H3;7H,2-6H2,1H3;1H,(H4,6,7,8,9);1-2H,(H4,5,6,7,8);1H. The largest absolute Gasteiger partial charge is 0.534 e. The van der Waals surface area contributed by atoms with E-state index in [1.165, 1.54) is 50.9 Å². The number of methoxy groups -OCH3 is 2. The molecule has 44 nitrogen and oxygen atoms in total. The maximum atomic E-state index is 12.1. The number of ketones is 1. The summed E-state index contributed by atoms with van der Waals surface area (Å²) in [7, 11) is -2.79. The third-order valence-corrected chi connectivity index (χ3v) is 25.9. The smallest absolute Gasteiger partial charge is 0.494 e. The highest BCUT2D eigenvalue weighted by Gasteiger charge is 2.53. The van der Waals surface area contributed by atoms with Crippen LogP contribution in [0.3, 0.4) is 0 Å². The molecule has 0 radical (unpaired) electrons. The Morgan fingerprint density at radius 3 is 1.26 bits per heavy atom. The van der Waals surface area contributed by atoms with Crippen LogP contribution in [0.15, 0.2) is 110 Å². The number of carboxylic acid groups (broad SMARTS) is 2. The number of Topliss-reactive ketones (excluding diaryl/α,β-unsaturated/α-hetero) is 1. The number of H-pyrrole nitrogens is 1. The summed E-state index contributed by atoms with van der Waals surface area (Å²) < 4.78 is 105. The van der Waals surface area contributed by atoms with Gasteiger partial charge in [0.05, 0.1) is 131 Å². The van der Waals surface area contributed by atoms with Gasteiger partial charge in [-0.3, -0.25) is 38.7 Å². The van der Waals surface area contributed by atoms with Gasteiger partial charge in [-0.2, -0.15) is 26.7 Å². The van der Waals surface area contributed by atoms with Crippen LogP contribution in [0.5, 0.6) is 11.5 Å². The molecule has 2 aromatic carbocycles. The molecule has 0 bridgehead atoms. The highest BCUT2D eigenvalue weighted by Crippen LogP contribution is 2.45. The number of nitrogens with one attached hydrogen (secondary N) is 4. The number of aliphatic carboxylic acids is 2. The number of nitrogen functional groups attached to an aromatic ring is 9. The van der Waals surface area contributed by atoms with Gasteiger partial charge in [-0.05, 0) is 221 Å². The Bertz CT molecular complexity index is 6020. The van der Waals surface area contributed by atoms with Crippen LogP contribution in [0.1, 0.15) is 200 Å². The zero-order valence-electron chi connectivity index (χ0n) is 81.3. The predicted molar refractivity (Wildman–Crippen MR) is 548 cm³/mol. The highest BCUT2D eigenvalue weighted by atomic mass is 127. The van der Waals surface area contributed by atoms with Crippen LogP contribution in [0.2, 0.25) is 0 Å². The third-order valence-electron chi connectivity index (χ3n) is 23.8. The van der Waals surface area contributed by atoms with Gasteiger partial charge in [-0.15, -0.1) is 12.4 Å². The summed E-state index contributed by atoms with van der Waals surface area (Å²) in [6, 6.07) is 8.59. The van der Waals surface area contributed by atoms with E-state index in [1.807, 2.05) is 66.8 Å². The molecule has 1 saturated carbocycles. The lowest BCUT2D eigenvalue weighted by atomic mass is 9.70. The van der Waals surface area contributed by atoms with Crippen molar-refractivity contribution in [1.29, 1.82) is 5.41 Å². The Hall–Kier alpha value is -13.9. The molecule has 0 amide bonds. The molecule has 5 atom stereocenters. The fourth-order valence-corrected chi connectivity index (χ4v) is 16.1. The molecular formula is C93H124BClF3IN24O20S. The first kappa shape index (κ1) is 117. The number of carbonyl (C=O) groups is 7. The van der Waals surface area contributed by atoms with E-state index in [0.717, 1.165) is 80.7 Å². The van der Waals surface area contributed by atoms with Gasteiger partial charge in [0.1, 0.15) is 113 Å². The number of rotatable bonds is 23. The molecule has 1 saturated heterocycles. The number of hydrogen-bond donors (Lipinski definition) is 15. The van der Waals surface area contributed by atoms with E-state index in [2.05, 4.69) is 109 Å². The van der Waals surface area contributed by atoms with E-state index in [1.54, 1.807) is 39.3 Å². The first-order chi connectivity index (χ1) is 67.8. The molecule has 1 aliphatic heterocycles. The van der Waals surface area contributed by atoms with Crippen molar-refractivity contribution in [1.82, 2.24) is 60.0 Å². The lowest BCUT2D eigenvalue weighted by Crippen LogP contribution is -2.41. The molecule has 8 aromatic rings. The summed E-state index contributed by atoms with van der Waals surface area (Å²) in [5, 5.41) is 40.3. The van der Waals surface area contributed by atoms with E-state index in [-0.39, 0.29) is 110 Å². The van der Waals surface area contributed by atoms with E-state index >= 15 is 0 Å². The van der Waals surface area contributed by atoms with E-state index in [0.29, 0.717) is 194 Å². The number of ether oxygens (including phenoxy) is 6. The SMILES string of the molecule is CCOC(=O)C1CC=C(B2OC(C)(C)C(C)(C)O2)CC1.CCOC(=O)C1CC=C(OS(=O)(=O)C(F)(F)F)CC1.CCOC(=O)C1CC=C(c2c(N)ncnc2N)CC1.CCOC(=O)C1CCC(=O)CC1.COc1cc(N)c(C=N)cc1Nc1ncnc(N)c1C1=CCC(C(=O)O)CC1.COc1cc2[nH]ncc2cc1Nc1ncnc(N)c1C1=CCC(C(=O)O)CC1.Cl.Nc1cc(N)ncn1.Nc1ncnc(N)c1I. The maximum absolute atomic E-state index is 12.1. The van der Waals surface area contributed by atoms with E-state index in [9.17, 15) is 65.4 Å². The van der Waals surface area contributed by atoms with Crippen molar-refractivity contribution in [2.75, 3.05) is 103 Å². The normalized spacial score (nSPS) is 18.2. The van der Waals surface area contributed by atoms with Crippen LogP contribution >= 0.6 is 35.0 Å². The van der Waals surface area contributed by atoms with Crippen LogP contribution in [0.25, 0.3) is 27.6 Å². The number of halogens is 5. The molecular weight excluding hydrogens is 2040 g/mol. The third kappa shape index (κ3) is 33.4. The second-order valence-corrected chi connectivity index (χ2v) is 36.6. The second-order valence-electron chi connectivity index (χ2n) is 34.0. The number of esters is 4. The first-order valence-corrected chi connectivity index (χ1v) is 48.2. The minimum Gasteiger partial charge on any atom is -0.494 e.